The molecular formula is C12H15N3. The van der Waals surface area contributed by atoms with Gasteiger partial charge in [-0.05, 0) is 18.1 Å². The Morgan fingerprint density at radius 3 is 2.67 bits per heavy atom. The summed E-state index contributed by atoms with van der Waals surface area (Å²) in [5.41, 5.74) is 10.1. The van der Waals surface area contributed by atoms with Crippen LogP contribution in [0.15, 0.2) is 30.5 Å². The maximum Gasteiger partial charge on any atom is 0.0897 e. The second kappa shape index (κ2) is 3.77. The molecule has 0 spiro atoms. The lowest BCUT2D eigenvalue weighted by molar-refractivity contribution is 0.749. The van der Waals surface area contributed by atoms with Crippen LogP contribution in [0.1, 0.15) is 16.8 Å². The summed E-state index contributed by atoms with van der Waals surface area (Å²) in [6.45, 7) is 2.11. The number of aryl methyl sites for hydroxylation is 2. The molecule has 1 aromatic heterocycles. The Hall–Kier alpha value is -1.77. The molecule has 0 atom stereocenters. The number of hydrogen-bond donors (Lipinski definition) is 1. The third-order valence-corrected chi connectivity index (χ3v) is 2.56. The summed E-state index contributed by atoms with van der Waals surface area (Å²) in [6.07, 6.45) is 2.65. The Morgan fingerprint density at radius 2 is 2.07 bits per heavy atom. The molecule has 0 aliphatic heterocycles. The van der Waals surface area contributed by atoms with Crippen molar-refractivity contribution in [1.82, 2.24) is 9.78 Å². The van der Waals surface area contributed by atoms with Crippen LogP contribution in [0, 0.1) is 6.92 Å². The van der Waals surface area contributed by atoms with E-state index in [1.807, 2.05) is 25.4 Å². The molecule has 2 aromatic rings. The van der Waals surface area contributed by atoms with E-state index in [9.17, 15) is 0 Å². The second-order valence-corrected chi connectivity index (χ2v) is 3.81. The third-order valence-electron chi connectivity index (χ3n) is 2.56. The SMILES string of the molecule is Cc1ccccc1Cc1nn(C)cc1N. The fourth-order valence-corrected chi connectivity index (χ4v) is 1.68. The number of benzene rings is 1. The predicted octanol–water partition coefficient (Wildman–Crippen LogP) is 1.90. The van der Waals surface area contributed by atoms with E-state index in [-0.39, 0.29) is 0 Å². The van der Waals surface area contributed by atoms with Gasteiger partial charge in [-0.2, -0.15) is 5.10 Å². The van der Waals surface area contributed by atoms with Gasteiger partial charge in [-0.25, -0.2) is 0 Å². The van der Waals surface area contributed by atoms with Crippen LogP contribution >= 0.6 is 0 Å². The minimum absolute atomic E-state index is 0.765. The van der Waals surface area contributed by atoms with E-state index in [0.29, 0.717) is 0 Å². The molecule has 1 aromatic carbocycles. The second-order valence-electron chi connectivity index (χ2n) is 3.81. The van der Waals surface area contributed by atoms with Gasteiger partial charge in [0.05, 0.1) is 11.4 Å². The normalized spacial score (nSPS) is 10.5. The van der Waals surface area contributed by atoms with Gasteiger partial charge in [0.1, 0.15) is 0 Å². The first-order valence-corrected chi connectivity index (χ1v) is 4.99. The van der Waals surface area contributed by atoms with Crippen molar-refractivity contribution in [3.8, 4) is 0 Å². The number of nitrogens with zero attached hydrogens (tertiary/aromatic N) is 2. The topological polar surface area (TPSA) is 43.8 Å². The molecule has 0 saturated carbocycles. The molecule has 0 fully saturated rings. The average molecular weight is 201 g/mol. The largest absolute Gasteiger partial charge is 0.396 e. The molecule has 78 valence electrons. The van der Waals surface area contributed by atoms with Crippen molar-refractivity contribution < 1.29 is 0 Å². The van der Waals surface area contributed by atoms with E-state index < -0.39 is 0 Å². The highest BCUT2D eigenvalue weighted by Gasteiger charge is 2.06. The van der Waals surface area contributed by atoms with Crippen LogP contribution in [-0.2, 0) is 13.5 Å². The average Bonchev–Trinajstić information content (AvgIpc) is 2.49. The third kappa shape index (κ3) is 2.01. The van der Waals surface area contributed by atoms with Crippen LogP contribution in [-0.4, -0.2) is 9.78 Å². The number of nitrogens with two attached hydrogens (primary N) is 1. The Morgan fingerprint density at radius 1 is 1.33 bits per heavy atom. The standard InChI is InChI=1S/C12H15N3/c1-9-5-3-4-6-10(9)7-12-11(13)8-15(2)14-12/h3-6,8H,7,13H2,1-2H3. The van der Waals surface area contributed by atoms with Crippen molar-refractivity contribution >= 4 is 5.69 Å². The van der Waals surface area contributed by atoms with Gasteiger partial charge in [0.25, 0.3) is 0 Å². The van der Waals surface area contributed by atoms with Gasteiger partial charge in [0, 0.05) is 19.7 Å². The lowest BCUT2D eigenvalue weighted by Gasteiger charge is -2.03. The number of anilines is 1. The quantitative estimate of drug-likeness (QED) is 0.806. The maximum absolute atomic E-state index is 5.86. The molecular weight excluding hydrogens is 186 g/mol. The first-order valence-electron chi connectivity index (χ1n) is 4.99. The summed E-state index contributed by atoms with van der Waals surface area (Å²) >= 11 is 0. The molecule has 0 radical (unpaired) electrons. The summed E-state index contributed by atoms with van der Waals surface area (Å²) in [5, 5.41) is 4.34. The number of rotatable bonds is 2. The molecule has 0 unspecified atom stereocenters. The molecule has 0 bridgehead atoms. The smallest absolute Gasteiger partial charge is 0.0897 e. The zero-order valence-electron chi connectivity index (χ0n) is 9.07. The molecule has 3 heteroatoms. The van der Waals surface area contributed by atoms with Gasteiger partial charge in [0.2, 0.25) is 0 Å². The van der Waals surface area contributed by atoms with Gasteiger partial charge in [-0.15, -0.1) is 0 Å². The van der Waals surface area contributed by atoms with Crippen LogP contribution in [0.5, 0.6) is 0 Å². The Bertz CT molecular complexity index is 471. The van der Waals surface area contributed by atoms with Crippen LogP contribution in [0.2, 0.25) is 0 Å². The number of nitrogen functional groups attached to an aromatic ring is 1. The van der Waals surface area contributed by atoms with Gasteiger partial charge in [-0.3, -0.25) is 4.68 Å². The zero-order chi connectivity index (χ0) is 10.8. The fourth-order valence-electron chi connectivity index (χ4n) is 1.68. The van der Waals surface area contributed by atoms with Gasteiger partial charge in [0.15, 0.2) is 0 Å². The molecule has 0 aliphatic rings. The van der Waals surface area contributed by atoms with Crippen molar-refractivity contribution in [3.05, 3.63) is 47.3 Å². The molecule has 0 saturated heterocycles. The highest BCUT2D eigenvalue weighted by Crippen LogP contribution is 2.16. The molecule has 0 amide bonds. The summed E-state index contributed by atoms with van der Waals surface area (Å²) in [5.74, 6) is 0. The summed E-state index contributed by atoms with van der Waals surface area (Å²) in [7, 11) is 1.89. The lowest BCUT2D eigenvalue weighted by atomic mass is 10.0. The minimum atomic E-state index is 0.765. The number of hydrogen-bond acceptors (Lipinski definition) is 2. The Balaban J connectivity index is 2.29. The van der Waals surface area contributed by atoms with Crippen molar-refractivity contribution in [3.63, 3.8) is 0 Å². The minimum Gasteiger partial charge on any atom is -0.396 e. The predicted molar refractivity (Wildman–Crippen MR) is 61.6 cm³/mol. The zero-order valence-corrected chi connectivity index (χ0v) is 9.07. The Labute approximate surface area is 89.5 Å². The monoisotopic (exact) mass is 201 g/mol. The summed E-state index contributed by atoms with van der Waals surface area (Å²) < 4.78 is 1.75. The molecule has 0 aliphatic carbocycles. The van der Waals surface area contributed by atoms with E-state index in [2.05, 4.69) is 24.2 Å². The van der Waals surface area contributed by atoms with Crippen LogP contribution in [0.4, 0.5) is 5.69 Å². The van der Waals surface area contributed by atoms with E-state index >= 15 is 0 Å². The van der Waals surface area contributed by atoms with Crippen molar-refractivity contribution in [2.45, 2.75) is 13.3 Å². The fraction of sp³-hybridized carbons (Fsp3) is 0.250. The molecule has 2 N–H and O–H groups in total. The van der Waals surface area contributed by atoms with Crippen molar-refractivity contribution in [2.75, 3.05) is 5.73 Å². The highest BCUT2D eigenvalue weighted by molar-refractivity contribution is 5.44. The summed E-state index contributed by atoms with van der Waals surface area (Å²) in [4.78, 5) is 0. The lowest BCUT2D eigenvalue weighted by Crippen LogP contribution is -1.96. The molecule has 2 rings (SSSR count). The highest BCUT2D eigenvalue weighted by atomic mass is 15.3. The van der Waals surface area contributed by atoms with E-state index in [0.717, 1.165) is 17.8 Å². The first-order chi connectivity index (χ1) is 7.16. The van der Waals surface area contributed by atoms with Gasteiger partial charge in [-0.1, -0.05) is 24.3 Å². The van der Waals surface area contributed by atoms with E-state index in [4.69, 9.17) is 5.73 Å². The van der Waals surface area contributed by atoms with Gasteiger partial charge >= 0.3 is 0 Å². The van der Waals surface area contributed by atoms with E-state index in [1.54, 1.807) is 4.68 Å². The van der Waals surface area contributed by atoms with Crippen molar-refractivity contribution in [2.24, 2.45) is 7.05 Å². The molecule has 1 heterocycles. The molecule has 15 heavy (non-hydrogen) atoms. The molecule has 3 nitrogen and oxygen atoms in total. The first kappa shape index (κ1) is 9.77. The van der Waals surface area contributed by atoms with Crippen LogP contribution in [0.3, 0.4) is 0 Å². The van der Waals surface area contributed by atoms with Gasteiger partial charge < -0.3 is 5.73 Å². The summed E-state index contributed by atoms with van der Waals surface area (Å²) in [6, 6.07) is 8.31. The van der Waals surface area contributed by atoms with Crippen molar-refractivity contribution in [1.29, 1.82) is 0 Å². The Kier molecular flexibility index (Phi) is 2.46. The maximum atomic E-state index is 5.86. The van der Waals surface area contributed by atoms with Crippen LogP contribution in [0.25, 0.3) is 0 Å². The van der Waals surface area contributed by atoms with Crippen LogP contribution < -0.4 is 5.73 Å². The number of aromatic nitrogens is 2. The van der Waals surface area contributed by atoms with E-state index in [1.165, 1.54) is 11.1 Å².